The molecule has 0 bridgehead atoms. The molecule has 0 spiro atoms. The summed E-state index contributed by atoms with van der Waals surface area (Å²) in [6, 6.07) is 0. The van der Waals surface area contributed by atoms with Crippen LogP contribution in [0.5, 0.6) is 0 Å². The summed E-state index contributed by atoms with van der Waals surface area (Å²) in [6.45, 7) is 8.14. The molecule has 12 heavy (non-hydrogen) atoms. The van der Waals surface area contributed by atoms with Gasteiger partial charge in [0.15, 0.2) is 0 Å². The van der Waals surface area contributed by atoms with Crippen molar-refractivity contribution in [2.45, 2.75) is 52.2 Å². The fourth-order valence-corrected chi connectivity index (χ4v) is 1.30. The Balaban J connectivity index is 4.29. The van der Waals surface area contributed by atoms with Gasteiger partial charge in [0.1, 0.15) is 0 Å². The minimum atomic E-state index is -0.380. The van der Waals surface area contributed by atoms with Crippen LogP contribution < -0.4 is 0 Å². The first kappa shape index (κ1) is 11.9. The summed E-state index contributed by atoms with van der Waals surface area (Å²) in [5.41, 5.74) is -0.380. The van der Waals surface area contributed by atoms with Crippen LogP contribution in [-0.2, 0) is 4.74 Å². The lowest BCUT2D eigenvalue weighted by Gasteiger charge is -2.35. The maximum atomic E-state index is 9.91. The Morgan fingerprint density at radius 2 is 1.92 bits per heavy atom. The van der Waals surface area contributed by atoms with Gasteiger partial charge in [-0.2, -0.15) is 0 Å². The minimum absolute atomic E-state index is 0.301. The zero-order valence-corrected chi connectivity index (χ0v) is 8.92. The zero-order chi connectivity index (χ0) is 9.78. The van der Waals surface area contributed by atoms with Crippen molar-refractivity contribution in [2.75, 3.05) is 7.11 Å². The van der Waals surface area contributed by atoms with Gasteiger partial charge >= 0.3 is 0 Å². The summed E-state index contributed by atoms with van der Waals surface area (Å²) in [4.78, 5) is 0. The van der Waals surface area contributed by atoms with E-state index in [1.165, 1.54) is 0 Å². The van der Waals surface area contributed by atoms with Crippen molar-refractivity contribution < 1.29 is 9.84 Å². The third-order valence-electron chi connectivity index (χ3n) is 2.98. The van der Waals surface area contributed by atoms with Crippen molar-refractivity contribution in [1.29, 1.82) is 0 Å². The molecule has 0 aliphatic rings. The maximum Gasteiger partial charge on any atom is 0.0908 e. The highest BCUT2D eigenvalue weighted by atomic mass is 16.5. The lowest BCUT2D eigenvalue weighted by Crippen LogP contribution is -2.44. The van der Waals surface area contributed by atoms with Crippen LogP contribution in [0.3, 0.4) is 0 Å². The van der Waals surface area contributed by atoms with Gasteiger partial charge in [-0.1, -0.05) is 27.2 Å². The van der Waals surface area contributed by atoms with Gasteiger partial charge in [0.25, 0.3) is 0 Å². The van der Waals surface area contributed by atoms with Crippen molar-refractivity contribution in [3.05, 3.63) is 0 Å². The van der Waals surface area contributed by atoms with Gasteiger partial charge in [0, 0.05) is 7.11 Å². The highest BCUT2D eigenvalue weighted by Crippen LogP contribution is 2.25. The molecule has 0 aromatic heterocycles. The number of hydrogen-bond acceptors (Lipinski definition) is 2. The predicted molar refractivity (Wildman–Crippen MR) is 51.2 cm³/mol. The first-order valence-corrected chi connectivity index (χ1v) is 4.75. The second-order valence-electron chi connectivity index (χ2n) is 3.70. The summed E-state index contributed by atoms with van der Waals surface area (Å²) < 4.78 is 5.32. The molecule has 0 fully saturated rings. The van der Waals surface area contributed by atoms with E-state index in [0.29, 0.717) is 5.92 Å². The molecule has 0 rings (SSSR count). The largest absolute Gasteiger partial charge is 0.390 e. The lowest BCUT2D eigenvalue weighted by molar-refractivity contribution is -0.112. The Hall–Kier alpha value is -0.0800. The SMILES string of the molecule is CCC(C)C(O)C(C)(CC)OC. The fraction of sp³-hybridized carbons (Fsp3) is 1.00. The molecule has 0 aromatic carbocycles. The van der Waals surface area contributed by atoms with Crippen LogP contribution in [0.15, 0.2) is 0 Å². The maximum absolute atomic E-state index is 9.91. The molecule has 0 aromatic rings. The zero-order valence-electron chi connectivity index (χ0n) is 8.92. The quantitative estimate of drug-likeness (QED) is 0.692. The van der Waals surface area contributed by atoms with Crippen LogP contribution in [0, 0.1) is 5.92 Å². The topological polar surface area (TPSA) is 29.5 Å². The lowest BCUT2D eigenvalue weighted by atomic mass is 9.86. The van der Waals surface area contributed by atoms with Gasteiger partial charge < -0.3 is 9.84 Å². The molecule has 3 unspecified atom stereocenters. The molecule has 0 saturated carbocycles. The minimum Gasteiger partial charge on any atom is -0.390 e. The number of ether oxygens (including phenoxy) is 1. The Bertz CT molecular complexity index is 119. The fourth-order valence-electron chi connectivity index (χ4n) is 1.30. The van der Waals surface area contributed by atoms with Gasteiger partial charge in [-0.25, -0.2) is 0 Å². The average Bonchev–Trinajstić information content (AvgIpc) is 2.14. The molecule has 2 nitrogen and oxygen atoms in total. The molecule has 3 atom stereocenters. The van der Waals surface area contributed by atoms with Crippen LogP contribution in [0.4, 0.5) is 0 Å². The normalized spacial score (nSPS) is 21.5. The molecule has 0 amide bonds. The van der Waals surface area contributed by atoms with Crippen molar-refractivity contribution in [2.24, 2.45) is 5.92 Å². The molecule has 0 aliphatic heterocycles. The summed E-state index contributed by atoms with van der Waals surface area (Å²) in [5.74, 6) is 0.301. The molecule has 0 saturated heterocycles. The van der Waals surface area contributed by atoms with Crippen LogP contribution in [0.1, 0.15) is 40.5 Å². The van der Waals surface area contributed by atoms with E-state index in [1.54, 1.807) is 7.11 Å². The number of hydrogen-bond donors (Lipinski definition) is 1. The summed E-state index contributed by atoms with van der Waals surface area (Å²) in [6.07, 6.45) is 1.47. The van der Waals surface area contributed by atoms with Gasteiger partial charge in [-0.3, -0.25) is 0 Å². The second kappa shape index (κ2) is 4.83. The Morgan fingerprint density at radius 3 is 2.17 bits per heavy atom. The Morgan fingerprint density at radius 1 is 1.42 bits per heavy atom. The smallest absolute Gasteiger partial charge is 0.0908 e. The highest BCUT2D eigenvalue weighted by Gasteiger charge is 2.33. The van der Waals surface area contributed by atoms with Gasteiger partial charge in [-0.15, -0.1) is 0 Å². The summed E-state index contributed by atoms with van der Waals surface area (Å²) in [7, 11) is 1.66. The molecule has 0 aliphatic carbocycles. The Labute approximate surface area is 75.9 Å². The van der Waals surface area contributed by atoms with Crippen molar-refractivity contribution >= 4 is 0 Å². The summed E-state index contributed by atoms with van der Waals surface area (Å²) in [5, 5.41) is 9.91. The van der Waals surface area contributed by atoms with E-state index in [2.05, 4.69) is 13.8 Å². The number of aliphatic hydroxyl groups is 1. The first-order chi connectivity index (χ1) is 5.51. The van der Waals surface area contributed by atoms with E-state index in [0.717, 1.165) is 12.8 Å². The van der Waals surface area contributed by atoms with Crippen molar-refractivity contribution in [1.82, 2.24) is 0 Å². The number of methoxy groups -OCH3 is 1. The number of aliphatic hydroxyl groups excluding tert-OH is 1. The molecular formula is C10H22O2. The summed E-state index contributed by atoms with van der Waals surface area (Å²) >= 11 is 0. The third kappa shape index (κ3) is 2.46. The van der Waals surface area contributed by atoms with E-state index in [9.17, 15) is 5.11 Å². The van der Waals surface area contributed by atoms with Gasteiger partial charge in [0.2, 0.25) is 0 Å². The third-order valence-corrected chi connectivity index (χ3v) is 2.98. The van der Waals surface area contributed by atoms with E-state index < -0.39 is 0 Å². The standard InChI is InChI=1S/C10H22O2/c1-6-8(3)9(11)10(4,7-2)12-5/h8-9,11H,6-7H2,1-5H3. The van der Waals surface area contributed by atoms with Crippen LogP contribution >= 0.6 is 0 Å². The molecule has 2 heteroatoms. The van der Waals surface area contributed by atoms with Crippen LogP contribution in [-0.4, -0.2) is 23.9 Å². The number of rotatable bonds is 5. The van der Waals surface area contributed by atoms with E-state index in [-0.39, 0.29) is 11.7 Å². The second-order valence-corrected chi connectivity index (χ2v) is 3.70. The van der Waals surface area contributed by atoms with E-state index in [4.69, 9.17) is 4.74 Å². The monoisotopic (exact) mass is 174 g/mol. The molecule has 74 valence electrons. The van der Waals surface area contributed by atoms with Crippen molar-refractivity contribution in [3.63, 3.8) is 0 Å². The van der Waals surface area contributed by atoms with Crippen LogP contribution in [0.2, 0.25) is 0 Å². The average molecular weight is 174 g/mol. The highest BCUT2D eigenvalue weighted by molar-refractivity contribution is 4.85. The van der Waals surface area contributed by atoms with Gasteiger partial charge in [0.05, 0.1) is 11.7 Å². The van der Waals surface area contributed by atoms with Gasteiger partial charge in [-0.05, 0) is 19.3 Å². The van der Waals surface area contributed by atoms with E-state index >= 15 is 0 Å². The molecule has 0 radical (unpaired) electrons. The molecular weight excluding hydrogens is 152 g/mol. The predicted octanol–water partition coefficient (Wildman–Crippen LogP) is 2.21. The van der Waals surface area contributed by atoms with Crippen LogP contribution in [0.25, 0.3) is 0 Å². The molecule has 1 N–H and O–H groups in total. The van der Waals surface area contributed by atoms with E-state index in [1.807, 2.05) is 13.8 Å². The molecule has 0 heterocycles. The Kier molecular flexibility index (Phi) is 4.80. The first-order valence-electron chi connectivity index (χ1n) is 4.75. The van der Waals surface area contributed by atoms with Crippen molar-refractivity contribution in [3.8, 4) is 0 Å².